The molecule has 2 amide bonds. The van der Waals surface area contributed by atoms with Crippen molar-refractivity contribution in [2.24, 2.45) is 11.1 Å². The van der Waals surface area contributed by atoms with Gasteiger partial charge in [0.15, 0.2) is 15.9 Å². The highest BCUT2D eigenvalue weighted by molar-refractivity contribution is 7.91. The van der Waals surface area contributed by atoms with Gasteiger partial charge in [0.05, 0.1) is 15.6 Å². The topological polar surface area (TPSA) is 105 Å². The summed E-state index contributed by atoms with van der Waals surface area (Å²) in [6.07, 6.45) is -11.8. The molecule has 17 heteroatoms. The fourth-order valence-corrected chi connectivity index (χ4v) is 6.35. The number of carbonyl (C=O) groups excluding carboxylic acids is 2. The number of nitrogens with one attached hydrogen (secondary N) is 1. The highest BCUT2D eigenvalue weighted by atomic mass is 35.5. The molecule has 3 aliphatic heterocycles. The van der Waals surface area contributed by atoms with Crippen molar-refractivity contribution in [3.05, 3.63) is 68.2 Å². The van der Waals surface area contributed by atoms with Crippen LogP contribution >= 0.6 is 23.2 Å². The van der Waals surface area contributed by atoms with E-state index in [1.165, 1.54) is 12.1 Å². The van der Waals surface area contributed by atoms with E-state index >= 15 is 0 Å². The molecule has 0 aromatic heterocycles. The minimum absolute atomic E-state index is 0.0788. The molecular weight excluding hydrogens is 627 g/mol. The summed E-state index contributed by atoms with van der Waals surface area (Å²) in [5.74, 6) is -5.62. The van der Waals surface area contributed by atoms with E-state index in [9.17, 15) is 44.3 Å². The van der Waals surface area contributed by atoms with Gasteiger partial charge in [0.25, 0.3) is 5.91 Å². The summed E-state index contributed by atoms with van der Waals surface area (Å²) in [7, 11) is -3.83. The summed E-state index contributed by atoms with van der Waals surface area (Å²) >= 11 is 11.4. The highest BCUT2D eigenvalue weighted by Crippen LogP contribution is 2.51. The first-order chi connectivity index (χ1) is 18.9. The maximum atomic E-state index is 14.4. The summed E-state index contributed by atoms with van der Waals surface area (Å²) in [5, 5.41) is 4.85. The van der Waals surface area contributed by atoms with E-state index in [0.29, 0.717) is 0 Å². The summed E-state index contributed by atoms with van der Waals surface area (Å²) in [4.78, 5) is 31.9. The molecular formula is C24H17Cl2F6N3O5S. The molecule has 1 N–H and O–H groups in total. The minimum atomic E-state index is -5.19. The third-order valence-corrected chi connectivity index (χ3v) is 8.66. The summed E-state index contributed by atoms with van der Waals surface area (Å²) in [5.41, 5.74) is -4.80. The Balaban J connectivity index is 1.57. The highest BCUT2D eigenvalue weighted by Gasteiger charge is 2.58. The van der Waals surface area contributed by atoms with Crippen LogP contribution in [0.3, 0.4) is 0 Å². The Labute approximate surface area is 238 Å². The van der Waals surface area contributed by atoms with Crippen LogP contribution in [0.1, 0.15) is 38.7 Å². The molecule has 0 aliphatic carbocycles. The van der Waals surface area contributed by atoms with Crippen LogP contribution in [0.4, 0.5) is 26.3 Å². The minimum Gasteiger partial charge on any atom is -0.386 e. The van der Waals surface area contributed by atoms with E-state index in [1.54, 1.807) is 0 Å². The number of imide groups is 1. The van der Waals surface area contributed by atoms with Gasteiger partial charge in [-0.05, 0) is 17.7 Å². The largest absolute Gasteiger partial charge is 0.418 e. The fraction of sp³-hybridized carbons (Fsp3) is 0.375. The average molecular weight is 644 g/mol. The molecule has 0 bridgehead atoms. The van der Waals surface area contributed by atoms with Crippen LogP contribution in [0.25, 0.3) is 0 Å². The normalized spacial score (nSPS) is 21.9. The van der Waals surface area contributed by atoms with Crippen LogP contribution in [-0.4, -0.2) is 62.1 Å². The molecule has 220 valence electrons. The third kappa shape index (κ3) is 4.85. The van der Waals surface area contributed by atoms with Gasteiger partial charge < -0.3 is 10.2 Å². The lowest BCUT2D eigenvalue weighted by Gasteiger charge is -2.45. The van der Waals surface area contributed by atoms with Crippen molar-refractivity contribution in [1.29, 1.82) is 0 Å². The number of hydrogen-bond donors (Lipinski definition) is 1. The average Bonchev–Trinajstić information content (AvgIpc) is 3.36. The van der Waals surface area contributed by atoms with Gasteiger partial charge in [-0.1, -0.05) is 46.6 Å². The van der Waals surface area contributed by atoms with Gasteiger partial charge in [0.1, 0.15) is 22.9 Å². The first kappa shape index (κ1) is 29.6. The van der Waals surface area contributed by atoms with Crippen LogP contribution in [0, 0.1) is 5.92 Å². The number of alkyl halides is 6. The van der Waals surface area contributed by atoms with Gasteiger partial charge in [-0.15, -0.1) is 0 Å². The number of amides is 2. The lowest BCUT2D eigenvalue weighted by Crippen LogP contribution is -2.66. The molecule has 1 spiro atoms. The Morgan fingerprint density at radius 1 is 1.15 bits per heavy atom. The van der Waals surface area contributed by atoms with Gasteiger partial charge >= 0.3 is 12.4 Å². The molecule has 1 saturated heterocycles. The fourth-order valence-electron chi connectivity index (χ4n) is 5.33. The summed E-state index contributed by atoms with van der Waals surface area (Å²) < 4.78 is 108. The zero-order chi connectivity index (χ0) is 30.3. The summed E-state index contributed by atoms with van der Waals surface area (Å²) in [6.45, 7) is 0.158. The molecule has 3 aliphatic rings. The molecule has 0 radical (unpaired) electrons. The second kappa shape index (κ2) is 9.57. The van der Waals surface area contributed by atoms with E-state index in [1.807, 2.05) is 0 Å². The Morgan fingerprint density at radius 2 is 1.80 bits per heavy atom. The van der Waals surface area contributed by atoms with Gasteiger partial charge in [-0.25, -0.2) is 8.42 Å². The third-order valence-electron chi connectivity index (χ3n) is 7.08. The zero-order valence-electron chi connectivity index (χ0n) is 20.5. The second-order valence-electron chi connectivity index (χ2n) is 9.85. The number of nitrogens with zero attached hydrogens (tertiary/aromatic N) is 2. The van der Waals surface area contributed by atoms with Crippen molar-refractivity contribution in [1.82, 2.24) is 10.2 Å². The van der Waals surface area contributed by atoms with Crippen LogP contribution in [0.5, 0.6) is 0 Å². The SMILES string of the molecule is CS(=O)(=O)CC(=O)N1C(=O)c2cc(C3=NOC(c4ccc(Cl)c(Cl)c4C(F)(F)F)C3C(F)(F)F)ccc2C12CNC2. The number of carbonyl (C=O) groups is 2. The van der Waals surface area contributed by atoms with E-state index in [2.05, 4.69) is 10.5 Å². The van der Waals surface area contributed by atoms with Crippen molar-refractivity contribution in [3.8, 4) is 0 Å². The molecule has 41 heavy (non-hydrogen) atoms. The van der Waals surface area contributed by atoms with Gasteiger partial charge in [-0.2, -0.15) is 26.3 Å². The predicted molar refractivity (Wildman–Crippen MR) is 133 cm³/mol. The second-order valence-corrected chi connectivity index (χ2v) is 12.8. The monoisotopic (exact) mass is 643 g/mol. The van der Waals surface area contributed by atoms with E-state index in [0.717, 1.165) is 29.4 Å². The lowest BCUT2D eigenvalue weighted by molar-refractivity contribution is -0.180. The predicted octanol–water partition coefficient (Wildman–Crippen LogP) is 4.49. The van der Waals surface area contributed by atoms with E-state index < -0.39 is 84.2 Å². The lowest BCUT2D eigenvalue weighted by atomic mass is 9.82. The number of hydrogen-bond acceptors (Lipinski definition) is 7. The van der Waals surface area contributed by atoms with Crippen LogP contribution in [-0.2, 0) is 31.2 Å². The van der Waals surface area contributed by atoms with Crippen molar-refractivity contribution >= 4 is 50.6 Å². The Bertz CT molecular complexity index is 1620. The quantitative estimate of drug-likeness (QED) is 0.492. The Morgan fingerprint density at radius 3 is 2.34 bits per heavy atom. The Hall–Kier alpha value is -2.88. The molecule has 8 nitrogen and oxygen atoms in total. The number of oxime groups is 1. The van der Waals surface area contributed by atoms with Gasteiger partial charge in [0, 0.05) is 36.0 Å². The van der Waals surface area contributed by atoms with Crippen molar-refractivity contribution < 1.29 is 49.2 Å². The standard InChI is InChI=1S/C24H17Cl2F6N3O5S/c1-41(38,39)7-15(36)35-21(37)12-6-10(2-4-13(12)22(35)8-33-9-22)19-17(24(30,31)32)20(40-34-19)11-3-5-14(25)18(26)16(11)23(27,28)29/h2-6,17,20,33H,7-9H2,1H3. The molecule has 0 saturated carbocycles. The molecule has 2 unspecified atom stereocenters. The smallest absolute Gasteiger partial charge is 0.386 e. The molecule has 3 heterocycles. The number of rotatable bonds is 4. The first-order valence-electron chi connectivity index (χ1n) is 11.6. The maximum absolute atomic E-state index is 14.4. The van der Waals surface area contributed by atoms with Crippen molar-refractivity contribution in [2.75, 3.05) is 25.1 Å². The molecule has 2 aromatic carbocycles. The first-order valence-corrected chi connectivity index (χ1v) is 14.4. The van der Waals surface area contributed by atoms with Crippen LogP contribution in [0.2, 0.25) is 10.0 Å². The number of sulfone groups is 1. The molecule has 2 aromatic rings. The van der Waals surface area contributed by atoms with Crippen LogP contribution < -0.4 is 5.32 Å². The number of benzene rings is 2. The number of halogens is 8. The van der Waals surface area contributed by atoms with E-state index in [4.69, 9.17) is 28.0 Å². The number of fused-ring (bicyclic) bond motifs is 2. The van der Waals surface area contributed by atoms with Crippen molar-refractivity contribution in [3.63, 3.8) is 0 Å². The van der Waals surface area contributed by atoms with Crippen molar-refractivity contribution in [2.45, 2.75) is 24.0 Å². The van der Waals surface area contributed by atoms with Gasteiger partial charge in [0.2, 0.25) is 5.91 Å². The molecule has 5 rings (SSSR count). The molecule has 2 atom stereocenters. The van der Waals surface area contributed by atoms with Crippen LogP contribution in [0.15, 0.2) is 35.5 Å². The molecule has 1 fully saturated rings. The zero-order valence-corrected chi connectivity index (χ0v) is 22.9. The summed E-state index contributed by atoms with van der Waals surface area (Å²) in [6, 6.07) is 5.16. The van der Waals surface area contributed by atoms with E-state index in [-0.39, 0.29) is 29.8 Å². The Kier molecular flexibility index (Phi) is 6.91. The van der Waals surface area contributed by atoms with Gasteiger partial charge in [-0.3, -0.25) is 14.5 Å². The maximum Gasteiger partial charge on any atom is 0.418 e.